The Morgan fingerprint density at radius 1 is 0.551 bits per heavy atom. The molecule has 0 heterocycles. The summed E-state index contributed by atoms with van der Waals surface area (Å²) < 4.78 is 0. The summed E-state index contributed by atoms with van der Waals surface area (Å²) in [6, 6.07) is 0.372. The zero-order valence-electron chi connectivity index (χ0n) is 30.4. The third-order valence-electron chi connectivity index (χ3n) is 7.10. The first-order chi connectivity index (χ1) is 22.8. The van der Waals surface area contributed by atoms with E-state index in [2.05, 4.69) is 29.8 Å². The van der Waals surface area contributed by atoms with Gasteiger partial charge in [0.05, 0.1) is 52.4 Å². The number of nitrogens with zero attached hydrogens (tertiary/aromatic N) is 6. The SMILES string of the molecule is CCC(CC)NCC(=O)N(C)CC(=O)N(C)CC.CN(C=O)CC(=O)NCC(=O)N(C)CC(=O)N(C)CC(=O)N(C)CC(=O)NCC(N)=O. The van der Waals surface area contributed by atoms with Gasteiger partial charge in [0.2, 0.25) is 53.7 Å². The van der Waals surface area contributed by atoms with Crippen LogP contribution >= 0.6 is 0 Å². The van der Waals surface area contributed by atoms with Gasteiger partial charge in [-0.2, -0.15) is 0 Å². The maximum absolute atomic E-state index is 12.2. The number of hydrogen-bond donors (Lipinski definition) is 4. The molecule has 0 aromatic heterocycles. The van der Waals surface area contributed by atoms with Crippen molar-refractivity contribution in [2.24, 2.45) is 5.73 Å². The number of primary amides is 1. The third-order valence-corrected chi connectivity index (χ3v) is 7.10. The quantitative estimate of drug-likeness (QED) is 0.0844. The Morgan fingerprint density at radius 2 is 0.939 bits per heavy atom. The minimum absolute atomic E-state index is 0.0316. The van der Waals surface area contributed by atoms with E-state index < -0.39 is 35.4 Å². The van der Waals surface area contributed by atoms with Crippen LogP contribution in [0, 0.1) is 0 Å². The molecule has 19 nitrogen and oxygen atoms in total. The minimum atomic E-state index is -0.723. The summed E-state index contributed by atoms with van der Waals surface area (Å²) in [5.41, 5.74) is 4.91. The molecule has 49 heavy (non-hydrogen) atoms. The molecule has 9 amide bonds. The molecule has 19 heteroatoms. The topological polar surface area (TPSA) is 235 Å². The molecule has 0 aliphatic rings. The molecule has 0 saturated carbocycles. The van der Waals surface area contributed by atoms with Gasteiger partial charge in [-0.3, -0.25) is 43.2 Å². The smallest absolute Gasteiger partial charge is 0.242 e. The Bertz CT molecular complexity index is 1130. The summed E-state index contributed by atoms with van der Waals surface area (Å²) in [6.45, 7) is 5.27. The summed E-state index contributed by atoms with van der Waals surface area (Å²) in [5.74, 6) is -3.54. The van der Waals surface area contributed by atoms with Crippen molar-refractivity contribution in [3.05, 3.63) is 0 Å². The monoisotopic (exact) mass is 700 g/mol. The summed E-state index contributed by atoms with van der Waals surface area (Å²) in [5, 5.41) is 7.76. The van der Waals surface area contributed by atoms with E-state index in [0.29, 0.717) is 25.5 Å². The fourth-order valence-corrected chi connectivity index (χ4v) is 3.53. The van der Waals surface area contributed by atoms with E-state index in [0.717, 1.165) is 32.4 Å². The summed E-state index contributed by atoms with van der Waals surface area (Å²) in [7, 11) is 8.87. The van der Waals surface area contributed by atoms with Gasteiger partial charge in [0.25, 0.3) is 0 Å². The molecule has 0 bridgehead atoms. The Hall–Kier alpha value is -4.81. The molecular weight excluding hydrogens is 644 g/mol. The van der Waals surface area contributed by atoms with Gasteiger partial charge in [0.15, 0.2) is 0 Å². The van der Waals surface area contributed by atoms with Crippen LogP contribution in [-0.2, 0) is 43.2 Å². The number of nitrogens with one attached hydrogen (secondary N) is 3. The van der Waals surface area contributed by atoms with Crippen LogP contribution < -0.4 is 21.7 Å². The van der Waals surface area contributed by atoms with Gasteiger partial charge in [0.1, 0.15) is 0 Å². The predicted molar refractivity (Wildman–Crippen MR) is 180 cm³/mol. The predicted octanol–water partition coefficient (Wildman–Crippen LogP) is -4.13. The molecule has 0 aliphatic carbocycles. The highest BCUT2D eigenvalue weighted by Crippen LogP contribution is 1.97. The zero-order valence-corrected chi connectivity index (χ0v) is 30.4. The van der Waals surface area contributed by atoms with Crippen LogP contribution in [0.25, 0.3) is 0 Å². The molecule has 0 spiro atoms. The highest BCUT2D eigenvalue weighted by molar-refractivity contribution is 5.92. The van der Waals surface area contributed by atoms with Crippen molar-refractivity contribution in [3.8, 4) is 0 Å². The van der Waals surface area contributed by atoms with Crippen LogP contribution in [0.15, 0.2) is 0 Å². The zero-order chi connectivity index (χ0) is 38.3. The highest BCUT2D eigenvalue weighted by Gasteiger charge is 2.21. The first-order valence-electron chi connectivity index (χ1n) is 15.7. The molecule has 0 unspecified atom stereocenters. The number of carbonyl (C=O) groups excluding carboxylic acids is 9. The maximum atomic E-state index is 12.2. The van der Waals surface area contributed by atoms with Crippen molar-refractivity contribution in [1.29, 1.82) is 0 Å². The lowest BCUT2D eigenvalue weighted by Crippen LogP contribution is -2.48. The molecular formula is C30H56N10O9. The second-order valence-corrected chi connectivity index (χ2v) is 11.3. The minimum Gasteiger partial charge on any atom is -0.368 e. The van der Waals surface area contributed by atoms with Gasteiger partial charge in [-0.1, -0.05) is 13.8 Å². The lowest BCUT2D eigenvalue weighted by atomic mass is 10.2. The van der Waals surface area contributed by atoms with Crippen molar-refractivity contribution in [2.75, 3.05) is 101 Å². The fourth-order valence-electron chi connectivity index (χ4n) is 3.53. The van der Waals surface area contributed by atoms with Crippen molar-refractivity contribution in [1.82, 2.24) is 45.3 Å². The molecule has 0 aliphatic heterocycles. The summed E-state index contributed by atoms with van der Waals surface area (Å²) in [6.07, 6.45) is 2.48. The standard InChI is InChI=1S/C17H29N7O7.C13H27N3O2/c1-21(11-25)7-13(27)20-6-15(29)23(3)9-17(31)24(4)10-16(30)22(2)8-14(28)19-5-12(18)26;1-6-11(7-2)14-9-12(17)16(5)10-13(18)15(4)8-3/h11H,5-10H2,1-4H3,(H2,18,26)(H,19,28)(H,20,27);11,14H,6-10H2,1-5H3. The second-order valence-electron chi connectivity index (χ2n) is 11.3. The van der Waals surface area contributed by atoms with Crippen molar-refractivity contribution < 1.29 is 43.2 Å². The Labute approximate surface area is 288 Å². The van der Waals surface area contributed by atoms with E-state index in [1.165, 1.54) is 33.1 Å². The van der Waals surface area contributed by atoms with Crippen molar-refractivity contribution in [3.63, 3.8) is 0 Å². The van der Waals surface area contributed by atoms with Gasteiger partial charge in [0, 0.05) is 54.9 Å². The first-order valence-corrected chi connectivity index (χ1v) is 15.7. The molecule has 0 fully saturated rings. The second kappa shape index (κ2) is 25.2. The van der Waals surface area contributed by atoms with Gasteiger partial charge >= 0.3 is 0 Å². The van der Waals surface area contributed by atoms with Gasteiger partial charge in [-0.25, -0.2) is 0 Å². The first kappa shape index (κ1) is 46.3. The van der Waals surface area contributed by atoms with Crippen molar-refractivity contribution in [2.45, 2.75) is 39.7 Å². The van der Waals surface area contributed by atoms with E-state index in [4.69, 9.17) is 5.73 Å². The molecule has 0 radical (unpaired) electrons. The number of nitrogens with two attached hydrogens (primary N) is 1. The Kier molecular flexibility index (Phi) is 23.9. The van der Waals surface area contributed by atoms with Crippen LogP contribution in [0.5, 0.6) is 0 Å². The van der Waals surface area contributed by atoms with Gasteiger partial charge in [-0.05, 0) is 19.8 Å². The van der Waals surface area contributed by atoms with Crippen LogP contribution in [0.2, 0.25) is 0 Å². The molecule has 5 N–H and O–H groups in total. The van der Waals surface area contributed by atoms with E-state index >= 15 is 0 Å². The molecule has 280 valence electrons. The van der Waals surface area contributed by atoms with Crippen LogP contribution in [0.4, 0.5) is 0 Å². The van der Waals surface area contributed by atoms with E-state index in [9.17, 15) is 43.2 Å². The van der Waals surface area contributed by atoms with Crippen LogP contribution in [0.3, 0.4) is 0 Å². The third kappa shape index (κ3) is 21.6. The van der Waals surface area contributed by atoms with E-state index in [1.54, 1.807) is 19.0 Å². The highest BCUT2D eigenvalue weighted by atomic mass is 16.2. The molecule has 0 saturated heterocycles. The number of amides is 9. The molecule has 0 aromatic rings. The fraction of sp³-hybridized carbons (Fsp3) is 0.700. The largest absolute Gasteiger partial charge is 0.368 e. The average Bonchev–Trinajstić information content (AvgIpc) is 3.05. The number of rotatable bonds is 21. The Morgan fingerprint density at radius 3 is 1.37 bits per heavy atom. The normalized spacial score (nSPS) is 10.1. The van der Waals surface area contributed by atoms with E-state index in [-0.39, 0.29) is 57.6 Å². The summed E-state index contributed by atoms with van der Waals surface area (Å²) in [4.78, 5) is 112. The van der Waals surface area contributed by atoms with Crippen LogP contribution in [0.1, 0.15) is 33.6 Å². The maximum Gasteiger partial charge on any atom is 0.242 e. The van der Waals surface area contributed by atoms with Gasteiger partial charge < -0.3 is 51.1 Å². The molecule has 0 rings (SSSR count). The van der Waals surface area contributed by atoms with Crippen molar-refractivity contribution >= 4 is 53.7 Å². The Balaban J connectivity index is 0. The van der Waals surface area contributed by atoms with Crippen LogP contribution in [-0.4, -0.2) is 190 Å². The van der Waals surface area contributed by atoms with Gasteiger partial charge in [-0.15, -0.1) is 0 Å². The number of hydrogen-bond acceptors (Lipinski definition) is 10. The van der Waals surface area contributed by atoms with E-state index in [1.807, 2.05) is 6.92 Å². The summed E-state index contributed by atoms with van der Waals surface area (Å²) >= 11 is 0. The molecule has 0 atom stereocenters. The average molecular weight is 701 g/mol. The number of carbonyl (C=O) groups is 9. The lowest BCUT2D eigenvalue weighted by Gasteiger charge is -2.24. The molecule has 0 aromatic carbocycles. The lowest BCUT2D eigenvalue weighted by molar-refractivity contribution is -0.142. The number of likely N-dealkylation sites (N-methyl/N-ethyl adjacent to an activating group) is 6.